The van der Waals surface area contributed by atoms with Gasteiger partial charge in [-0.2, -0.15) is 0 Å². The lowest BCUT2D eigenvalue weighted by atomic mass is 10.2. The van der Waals surface area contributed by atoms with Crippen molar-refractivity contribution in [1.82, 2.24) is 4.98 Å². The van der Waals surface area contributed by atoms with Crippen LogP contribution in [0.4, 0.5) is 4.39 Å². The van der Waals surface area contributed by atoms with Gasteiger partial charge < -0.3 is 23.7 Å². The Kier molecular flexibility index (Phi) is 7.09. The molecule has 0 aliphatic carbocycles. The molecule has 0 saturated carbocycles. The summed E-state index contributed by atoms with van der Waals surface area (Å²) in [4.78, 5) is 4.39. The van der Waals surface area contributed by atoms with Gasteiger partial charge in [0, 0.05) is 30.1 Å². The van der Waals surface area contributed by atoms with Crippen molar-refractivity contribution in [2.45, 2.75) is 6.42 Å². The van der Waals surface area contributed by atoms with Gasteiger partial charge in [0.25, 0.3) is 0 Å². The Hall–Kier alpha value is -4.00. The van der Waals surface area contributed by atoms with Gasteiger partial charge in [-0.25, -0.2) is 4.39 Å². The Bertz CT molecular complexity index is 1210. The second-order valence-electron chi connectivity index (χ2n) is 7.11. The number of methoxy groups -OCH3 is 2. The molecular formula is C26H24FNO5. The highest BCUT2D eigenvalue weighted by Gasteiger charge is 2.11. The highest BCUT2D eigenvalue weighted by molar-refractivity contribution is 5.88. The van der Waals surface area contributed by atoms with E-state index >= 15 is 0 Å². The van der Waals surface area contributed by atoms with Crippen LogP contribution in [0.2, 0.25) is 0 Å². The largest absolute Gasteiger partial charge is 0.493 e. The molecule has 0 atom stereocenters. The maximum atomic E-state index is 13.1. The van der Waals surface area contributed by atoms with E-state index in [1.807, 2.05) is 36.4 Å². The molecule has 0 radical (unpaired) electrons. The molecule has 6 nitrogen and oxygen atoms in total. The van der Waals surface area contributed by atoms with Gasteiger partial charge >= 0.3 is 0 Å². The molecule has 4 aromatic rings. The number of halogens is 1. The van der Waals surface area contributed by atoms with Crippen LogP contribution in [0.1, 0.15) is 6.42 Å². The minimum absolute atomic E-state index is 0.315. The lowest BCUT2D eigenvalue weighted by molar-refractivity contribution is 0.247. The first kappa shape index (κ1) is 22.2. The monoisotopic (exact) mass is 449 g/mol. The third-order valence-corrected chi connectivity index (χ3v) is 4.88. The van der Waals surface area contributed by atoms with E-state index in [1.165, 1.54) is 12.1 Å². The number of benzene rings is 3. The molecule has 7 heteroatoms. The van der Waals surface area contributed by atoms with Gasteiger partial charge in [-0.05, 0) is 48.5 Å². The number of hydrogen-bond acceptors (Lipinski definition) is 6. The van der Waals surface area contributed by atoms with Crippen molar-refractivity contribution in [2.75, 3.05) is 27.4 Å². The van der Waals surface area contributed by atoms with E-state index < -0.39 is 0 Å². The van der Waals surface area contributed by atoms with Crippen LogP contribution >= 0.6 is 0 Å². The highest BCUT2D eigenvalue weighted by Crippen LogP contribution is 2.37. The van der Waals surface area contributed by atoms with Crippen molar-refractivity contribution < 1.29 is 28.1 Å². The molecule has 0 N–H and O–H groups in total. The third-order valence-electron chi connectivity index (χ3n) is 4.88. The van der Waals surface area contributed by atoms with Gasteiger partial charge in [0.15, 0.2) is 11.5 Å². The zero-order valence-electron chi connectivity index (χ0n) is 18.4. The SMILES string of the molecule is COc1cc2nccc(Oc3ccc(OCCCOc4cccc(F)c4)cc3)c2cc1OC. The Morgan fingerprint density at radius 1 is 0.727 bits per heavy atom. The molecular weight excluding hydrogens is 425 g/mol. The minimum atomic E-state index is -0.315. The van der Waals surface area contributed by atoms with Gasteiger partial charge in [-0.15, -0.1) is 0 Å². The predicted molar refractivity (Wildman–Crippen MR) is 123 cm³/mol. The molecule has 0 unspecified atom stereocenters. The molecule has 0 aliphatic rings. The third kappa shape index (κ3) is 5.63. The normalized spacial score (nSPS) is 10.6. The summed E-state index contributed by atoms with van der Waals surface area (Å²) in [6.45, 7) is 0.917. The molecule has 0 spiro atoms. The zero-order valence-corrected chi connectivity index (χ0v) is 18.4. The Balaban J connectivity index is 1.33. The number of rotatable bonds is 10. The summed E-state index contributed by atoms with van der Waals surface area (Å²) >= 11 is 0. The van der Waals surface area contributed by atoms with Crippen LogP contribution in [-0.4, -0.2) is 32.4 Å². The molecule has 0 amide bonds. The van der Waals surface area contributed by atoms with Gasteiger partial charge in [0.2, 0.25) is 0 Å². The van der Waals surface area contributed by atoms with Crippen molar-refractivity contribution in [2.24, 2.45) is 0 Å². The van der Waals surface area contributed by atoms with Gasteiger partial charge in [-0.3, -0.25) is 4.98 Å². The van der Waals surface area contributed by atoms with E-state index in [-0.39, 0.29) is 5.82 Å². The number of aromatic nitrogens is 1. The second kappa shape index (κ2) is 10.5. The second-order valence-corrected chi connectivity index (χ2v) is 7.11. The quantitative estimate of drug-likeness (QED) is 0.276. The van der Waals surface area contributed by atoms with Gasteiger partial charge in [0.05, 0.1) is 33.0 Å². The highest BCUT2D eigenvalue weighted by atomic mass is 19.1. The number of pyridine rings is 1. The average Bonchev–Trinajstić information content (AvgIpc) is 2.84. The van der Waals surface area contributed by atoms with E-state index in [2.05, 4.69) is 4.98 Å². The van der Waals surface area contributed by atoms with Crippen molar-refractivity contribution in [1.29, 1.82) is 0 Å². The van der Waals surface area contributed by atoms with Crippen LogP contribution in [0.25, 0.3) is 10.9 Å². The van der Waals surface area contributed by atoms with E-state index in [0.29, 0.717) is 48.4 Å². The first-order valence-corrected chi connectivity index (χ1v) is 10.5. The maximum absolute atomic E-state index is 13.1. The topological polar surface area (TPSA) is 59.0 Å². The number of fused-ring (bicyclic) bond motifs is 1. The molecule has 0 saturated heterocycles. The Morgan fingerprint density at radius 3 is 2.15 bits per heavy atom. The summed E-state index contributed by atoms with van der Waals surface area (Å²) < 4.78 is 41.2. The molecule has 0 bridgehead atoms. The Labute approximate surface area is 191 Å². The fraction of sp³-hybridized carbons (Fsp3) is 0.192. The standard InChI is InChI=1S/C26H24FNO5/c1-29-25-16-22-23(17-26(25)30-2)28-12-11-24(22)33-20-9-7-19(8-10-20)31-13-4-14-32-21-6-3-5-18(27)15-21/h3,5-12,15-17H,4,13-14H2,1-2H3. The van der Waals surface area contributed by atoms with Crippen LogP contribution in [0.15, 0.2) is 72.9 Å². The fourth-order valence-corrected chi connectivity index (χ4v) is 3.26. The van der Waals surface area contributed by atoms with E-state index in [1.54, 1.807) is 38.6 Å². The summed E-state index contributed by atoms with van der Waals surface area (Å²) in [5, 5.41) is 0.814. The van der Waals surface area contributed by atoms with E-state index in [9.17, 15) is 4.39 Å². The maximum Gasteiger partial charge on any atom is 0.162 e. The van der Waals surface area contributed by atoms with Gasteiger partial charge in [0.1, 0.15) is 28.8 Å². The number of nitrogens with zero attached hydrogens (tertiary/aromatic N) is 1. The molecule has 0 aliphatic heterocycles. The Morgan fingerprint density at radius 2 is 1.42 bits per heavy atom. The van der Waals surface area contributed by atoms with Crippen LogP contribution < -0.4 is 23.7 Å². The van der Waals surface area contributed by atoms with Crippen LogP contribution in [-0.2, 0) is 0 Å². The van der Waals surface area contributed by atoms with E-state index in [4.69, 9.17) is 23.7 Å². The van der Waals surface area contributed by atoms with E-state index in [0.717, 1.165) is 16.7 Å². The lowest BCUT2D eigenvalue weighted by Crippen LogP contribution is -2.05. The van der Waals surface area contributed by atoms with Crippen LogP contribution in [0.3, 0.4) is 0 Å². The fourth-order valence-electron chi connectivity index (χ4n) is 3.26. The smallest absolute Gasteiger partial charge is 0.162 e. The van der Waals surface area contributed by atoms with Crippen LogP contribution in [0, 0.1) is 5.82 Å². The predicted octanol–water partition coefficient (Wildman–Crippen LogP) is 6.03. The first-order valence-electron chi connectivity index (χ1n) is 10.5. The zero-order chi connectivity index (χ0) is 23.0. The van der Waals surface area contributed by atoms with Crippen LogP contribution in [0.5, 0.6) is 34.5 Å². The van der Waals surface area contributed by atoms with Gasteiger partial charge in [-0.1, -0.05) is 6.07 Å². The summed E-state index contributed by atoms with van der Waals surface area (Å²) in [6.07, 6.45) is 2.36. The molecule has 170 valence electrons. The first-order chi connectivity index (χ1) is 16.2. The summed E-state index contributed by atoms with van der Waals surface area (Å²) in [5.74, 6) is 3.45. The van der Waals surface area contributed by atoms with Crippen molar-refractivity contribution in [3.8, 4) is 34.5 Å². The molecule has 1 heterocycles. The number of hydrogen-bond donors (Lipinski definition) is 0. The lowest BCUT2D eigenvalue weighted by Gasteiger charge is -2.13. The minimum Gasteiger partial charge on any atom is -0.493 e. The molecule has 0 fully saturated rings. The number of ether oxygens (including phenoxy) is 5. The molecule has 3 aromatic carbocycles. The van der Waals surface area contributed by atoms with Crippen molar-refractivity contribution in [3.05, 3.63) is 78.7 Å². The summed E-state index contributed by atoms with van der Waals surface area (Å²) in [5.41, 5.74) is 0.741. The van der Waals surface area contributed by atoms with Crippen molar-refractivity contribution in [3.63, 3.8) is 0 Å². The molecule has 33 heavy (non-hydrogen) atoms. The summed E-state index contributed by atoms with van der Waals surface area (Å²) in [7, 11) is 3.18. The molecule has 1 aromatic heterocycles. The molecule has 4 rings (SSSR count). The summed E-state index contributed by atoms with van der Waals surface area (Å²) in [6, 6.07) is 18.9. The van der Waals surface area contributed by atoms with Crippen molar-refractivity contribution >= 4 is 10.9 Å². The average molecular weight is 449 g/mol.